The lowest BCUT2D eigenvalue weighted by atomic mass is 9.78. The van der Waals surface area contributed by atoms with Gasteiger partial charge < -0.3 is 10.1 Å². The van der Waals surface area contributed by atoms with Gasteiger partial charge in [0, 0.05) is 23.8 Å². The van der Waals surface area contributed by atoms with Gasteiger partial charge in [-0.25, -0.2) is 0 Å². The van der Waals surface area contributed by atoms with Crippen molar-refractivity contribution >= 4 is 5.69 Å². The maximum atomic E-state index is 6.20. The Morgan fingerprint density at radius 1 is 1.04 bits per heavy atom. The smallest absolute Gasteiger partial charge is 0.0896 e. The molecule has 0 amide bonds. The molecule has 0 aliphatic carbocycles. The van der Waals surface area contributed by atoms with Crippen LogP contribution >= 0.6 is 0 Å². The van der Waals surface area contributed by atoms with Crippen LogP contribution in [-0.4, -0.2) is 6.61 Å². The summed E-state index contributed by atoms with van der Waals surface area (Å²) in [5.41, 5.74) is 6.88. The van der Waals surface area contributed by atoms with Crippen LogP contribution in [0.2, 0.25) is 0 Å². The number of rotatable bonds is 1. The number of ether oxygens (including phenoxy) is 1. The second kappa shape index (κ2) is 5.63. The maximum Gasteiger partial charge on any atom is 0.0896 e. The van der Waals surface area contributed by atoms with E-state index in [0.717, 1.165) is 13.0 Å². The number of nitrogens with one attached hydrogen (secondary N) is 1. The quantitative estimate of drug-likeness (QED) is 0.745. The van der Waals surface area contributed by atoms with Crippen LogP contribution in [0, 0.1) is 12.8 Å². The highest BCUT2D eigenvalue weighted by molar-refractivity contribution is 5.59. The van der Waals surface area contributed by atoms with E-state index < -0.39 is 0 Å². The molecule has 3 unspecified atom stereocenters. The summed E-state index contributed by atoms with van der Waals surface area (Å²) < 4.78 is 6.20. The van der Waals surface area contributed by atoms with Crippen LogP contribution in [0.3, 0.4) is 0 Å². The lowest BCUT2D eigenvalue weighted by Crippen LogP contribution is -2.30. The van der Waals surface area contributed by atoms with Gasteiger partial charge in [-0.05, 0) is 41.5 Å². The van der Waals surface area contributed by atoms with Crippen LogP contribution in [0.15, 0.2) is 42.5 Å². The zero-order valence-electron chi connectivity index (χ0n) is 15.1. The van der Waals surface area contributed by atoms with E-state index in [1.807, 2.05) is 0 Å². The molecular weight excluding hydrogens is 294 g/mol. The van der Waals surface area contributed by atoms with Crippen LogP contribution in [0.1, 0.15) is 61.6 Å². The average molecular weight is 321 g/mol. The first kappa shape index (κ1) is 15.7. The highest BCUT2D eigenvalue weighted by atomic mass is 16.5. The van der Waals surface area contributed by atoms with E-state index >= 15 is 0 Å². The van der Waals surface area contributed by atoms with Gasteiger partial charge in [0.2, 0.25) is 0 Å². The Balaban J connectivity index is 1.78. The molecule has 3 atom stereocenters. The van der Waals surface area contributed by atoms with Gasteiger partial charge in [-0.15, -0.1) is 0 Å². The molecule has 0 aromatic heterocycles. The first-order valence-corrected chi connectivity index (χ1v) is 9.03. The minimum absolute atomic E-state index is 0.163. The Hall–Kier alpha value is -1.80. The Morgan fingerprint density at radius 3 is 2.58 bits per heavy atom. The van der Waals surface area contributed by atoms with Gasteiger partial charge in [0.15, 0.2) is 0 Å². The van der Waals surface area contributed by atoms with E-state index in [-0.39, 0.29) is 11.5 Å². The Kier molecular flexibility index (Phi) is 3.69. The molecule has 0 radical (unpaired) electrons. The van der Waals surface area contributed by atoms with Gasteiger partial charge in [-0.2, -0.15) is 0 Å². The fourth-order valence-electron chi connectivity index (χ4n) is 4.18. The molecule has 0 spiro atoms. The first-order valence-electron chi connectivity index (χ1n) is 9.03. The van der Waals surface area contributed by atoms with Gasteiger partial charge >= 0.3 is 0 Å². The molecular formula is C22H27NO. The van der Waals surface area contributed by atoms with Crippen molar-refractivity contribution in [1.29, 1.82) is 0 Å². The fraction of sp³-hybridized carbons (Fsp3) is 0.455. The van der Waals surface area contributed by atoms with Crippen LogP contribution in [0.4, 0.5) is 5.69 Å². The van der Waals surface area contributed by atoms with Gasteiger partial charge in [-0.3, -0.25) is 0 Å². The van der Waals surface area contributed by atoms with E-state index in [9.17, 15) is 0 Å². The Bertz CT molecular complexity index is 759. The first-order chi connectivity index (χ1) is 11.4. The fourth-order valence-corrected chi connectivity index (χ4v) is 4.18. The summed E-state index contributed by atoms with van der Waals surface area (Å²) in [6.07, 6.45) is 1.34. The Morgan fingerprint density at radius 2 is 1.83 bits per heavy atom. The normalized spacial score (nSPS) is 25.8. The molecule has 1 fully saturated rings. The summed E-state index contributed by atoms with van der Waals surface area (Å²) in [4.78, 5) is 0. The lowest BCUT2D eigenvalue weighted by Gasteiger charge is -2.38. The molecule has 24 heavy (non-hydrogen) atoms. The van der Waals surface area contributed by atoms with Gasteiger partial charge in [0.05, 0.1) is 12.1 Å². The average Bonchev–Trinajstić information content (AvgIpc) is 3.03. The van der Waals surface area contributed by atoms with Crippen molar-refractivity contribution in [1.82, 2.24) is 0 Å². The van der Waals surface area contributed by atoms with E-state index in [1.165, 1.54) is 27.9 Å². The molecule has 1 N–H and O–H groups in total. The van der Waals surface area contributed by atoms with Crippen molar-refractivity contribution in [2.24, 2.45) is 5.92 Å². The van der Waals surface area contributed by atoms with Crippen molar-refractivity contribution in [3.8, 4) is 0 Å². The van der Waals surface area contributed by atoms with Crippen molar-refractivity contribution in [3.63, 3.8) is 0 Å². The largest absolute Gasteiger partial charge is 0.378 e. The molecule has 2 aromatic rings. The summed E-state index contributed by atoms with van der Waals surface area (Å²) in [7, 11) is 0. The van der Waals surface area contributed by atoms with Crippen molar-refractivity contribution in [2.75, 3.05) is 11.9 Å². The topological polar surface area (TPSA) is 21.3 Å². The molecule has 2 aliphatic rings. The van der Waals surface area contributed by atoms with Crippen LogP contribution in [0.25, 0.3) is 0 Å². The van der Waals surface area contributed by atoms with Crippen molar-refractivity contribution in [3.05, 3.63) is 64.7 Å². The monoisotopic (exact) mass is 321 g/mol. The summed E-state index contributed by atoms with van der Waals surface area (Å²) in [5.74, 6) is 0.508. The predicted octanol–water partition coefficient (Wildman–Crippen LogP) is 5.54. The molecule has 2 heteroatoms. The second-order valence-electron chi connectivity index (χ2n) is 8.27. The minimum Gasteiger partial charge on any atom is -0.378 e. The standard InChI is InChI=1S/C22H27NO/c1-14-7-5-6-8-16(14)20-17-11-12-24-21(17)18-13-15(22(2,3)4)9-10-19(18)23-20/h5-10,13,17,20-21,23H,11-12H2,1-4H3. The number of hydrogen-bond donors (Lipinski definition) is 1. The number of fused-ring (bicyclic) bond motifs is 3. The van der Waals surface area contributed by atoms with Crippen LogP contribution in [0.5, 0.6) is 0 Å². The van der Waals surface area contributed by atoms with E-state index in [0.29, 0.717) is 12.0 Å². The summed E-state index contributed by atoms with van der Waals surface area (Å²) in [6, 6.07) is 15.9. The van der Waals surface area contributed by atoms with Gasteiger partial charge in [0.25, 0.3) is 0 Å². The molecule has 126 valence electrons. The highest BCUT2D eigenvalue weighted by Gasteiger charge is 2.42. The predicted molar refractivity (Wildman–Crippen MR) is 99.5 cm³/mol. The van der Waals surface area contributed by atoms with Gasteiger partial charge in [-0.1, -0.05) is 57.2 Å². The second-order valence-corrected chi connectivity index (χ2v) is 8.27. The SMILES string of the molecule is Cc1ccccc1C1Nc2ccc(C(C)(C)C)cc2C2OCCC12. The molecule has 2 nitrogen and oxygen atoms in total. The van der Waals surface area contributed by atoms with E-state index in [1.54, 1.807) is 0 Å². The molecule has 0 bridgehead atoms. The zero-order valence-corrected chi connectivity index (χ0v) is 15.1. The summed E-state index contributed by atoms with van der Waals surface area (Å²) >= 11 is 0. The van der Waals surface area contributed by atoms with Crippen molar-refractivity contribution in [2.45, 2.75) is 51.7 Å². The van der Waals surface area contributed by atoms with Crippen LogP contribution < -0.4 is 5.32 Å². The minimum atomic E-state index is 0.163. The number of aryl methyl sites for hydroxylation is 1. The number of benzene rings is 2. The Labute approximate surface area is 145 Å². The van der Waals surface area contributed by atoms with Crippen molar-refractivity contribution < 1.29 is 4.74 Å². The zero-order chi connectivity index (χ0) is 16.9. The summed E-state index contributed by atoms with van der Waals surface area (Å²) in [6.45, 7) is 9.88. The molecule has 0 saturated carbocycles. The third-order valence-corrected chi connectivity index (χ3v) is 5.62. The number of hydrogen-bond acceptors (Lipinski definition) is 2. The number of anilines is 1. The highest BCUT2D eigenvalue weighted by Crippen LogP contribution is 2.50. The summed E-state index contributed by atoms with van der Waals surface area (Å²) in [5, 5.41) is 3.82. The maximum absolute atomic E-state index is 6.20. The van der Waals surface area contributed by atoms with E-state index in [4.69, 9.17) is 4.74 Å². The van der Waals surface area contributed by atoms with Crippen LogP contribution in [-0.2, 0) is 10.2 Å². The molecule has 1 saturated heterocycles. The molecule has 2 aromatic carbocycles. The third kappa shape index (κ3) is 2.53. The molecule has 2 heterocycles. The van der Waals surface area contributed by atoms with E-state index in [2.05, 4.69) is 75.5 Å². The molecule has 2 aliphatic heterocycles. The third-order valence-electron chi connectivity index (χ3n) is 5.62. The lowest BCUT2D eigenvalue weighted by molar-refractivity contribution is 0.0827. The molecule has 4 rings (SSSR count). The van der Waals surface area contributed by atoms with Gasteiger partial charge in [0.1, 0.15) is 0 Å².